The van der Waals surface area contributed by atoms with Crippen molar-refractivity contribution in [3.63, 3.8) is 0 Å². The van der Waals surface area contributed by atoms with Gasteiger partial charge in [0.1, 0.15) is 18.6 Å². The second-order valence-corrected chi connectivity index (χ2v) is 5.71. The smallest absolute Gasteiger partial charge is 0.233 e. The SMILES string of the molecule is COCCN1C(=O)CSC1c1ccc2c(c1)OCCO2. The van der Waals surface area contributed by atoms with Gasteiger partial charge in [0.15, 0.2) is 11.5 Å². The van der Waals surface area contributed by atoms with Crippen molar-refractivity contribution in [3.05, 3.63) is 23.8 Å². The van der Waals surface area contributed by atoms with Crippen molar-refractivity contribution in [3.8, 4) is 11.5 Å². The summed E-state index contributed by atoms with van der Waals surface area (Å²) in [5, 5.41) is 0.0356. The second-order valence-electron chi connectivity index (χ2n) is 4.65. The van der Waals surface area contributed by atoms with Gasteiger partial charge in [-0.05, 0) is 17.7 Å². The molecule has 1 atom stereocenters. The Morgan fingerprint density at radius 2 is 2.15 bits per heavy atom. The van der Waals surface area contributed by atoms with E-state index in [1.165, 1.54) is 0 Å². The standard InChI is InChI=1S/C14H17NO4S/c1-17-5-4-15-13(16)9-20-14(15)10-2-3-11-12(8-10)19-7-6-18-11/h2-3,8,14H,4-7,9H2,1H3. The van der Waals surface area contributed by atoms with Gasteiger partial charge in [-0.3, -0.25) is 4.79 Å². The maximum atomic E-state index is 11.9. The van der Waals surface area contributed by atoms with Crippen LogP contribution in [0.3, 0.4) is 0 Å². The van der Waals surface area contributed by atoms with Crippen molar-refractivity contribution in [1.29, 1.82) is 0 Å². The van der Waals surface area contributed by atoms with Crippen LogP contribution in [0, 0.1) is 0 Å². The number of fused-ring (bicyclic) bond motifs is 1. The topological polar surface area (TPSA) is 48.0 Å². The molecule has 0 radical (unpaired) electrons. The summed E-state index contributed by atoms with van der Waals surface area (Å²) in [5.74, 6) is 2.22. The lowest BCUT2D eigenvalue weighted by Crippen LogP contribution is -2.31. The Bertz CT molecular complexity index is 508. The fraction of sp³-hybridized carbons (Fsp3) is 0.500. The van der Waals surface area contributed by atoms with Crippen LogP contribution in [0.25, 0.3) is 0 Å². The van der Waals surface area contributed by atoms with Crippen molar-refractivity contribution in [2.24, 2.45) is 0 Å². The van der Waals surface area contributed by atoms with E-state index in [1.54, 1.807) is 18.9 Å². The van der Waals surface area contributed by atoms with Crippen LogP contribution in [0.1, 0.15) is 10.9 Å². The summed E-state index contributed by atoms with van der Waals surface area (Å²) < 4.78 is 16.2. The normalized spacial score (nSPS) is 21.4. The minimum absolute atomic E-state index is 0.0356. The second kappa shape index (κ2) is 5.93. The van der Waals surface area contributed by atoms with Gasteiger partial charge in [-0.2, -0.15) is 0 Å². The van der Waals surface area contributed by atoms with Gasteiger partial charge >= 0.3 is 0 Å². The molecule has 0 aromatic heterocycles. The number of methoxy groups -OCH3 is 1. The van der Waals surface area contributed by atoms with Crippen molar-refractivity contribution >= 4 is 17.7 Å². The zero-order valence-electron chi connectivity index (χ0n) is 11.3. The van der Waals surface area contributed by atoms with Crippen LogP contribution in [-0.4, -0.2) is 50.0 Å². The van der Waals surface area contributed by atoms with Crippen molar-refractivity contribution in [2.45, 2.75) is 5.37 Å². The summed E-state index contributed by atoms with van der Waals surface area (Å²) in [5.41, 5.74) is 1.07. The summed E-state index contributed by atoms with van der Waals surface area (Å²) in [6.07, 6.45) is 0. The minimum Gasteiger partial charge on any atom is -0.486 e. The lowest BCUT2D eigenvalue weighted by atomic mass is 10.1. The quantitative estimate of drug-likeness (QED) is 0.846. The molecule has 0 aliphatic carbocycles. The molecule has 3 rings (SSSR count). The Morgan fingerprint density at radius 3 is 2.95 bits per heavy atom. The van der Waals surface area contributed by atoms with E-state index in [1.807, 2.05) is 23.1 Å². The Kier molecular flexibility index (Phi) is 4.03. The van der Waals surface area contributed by atoms with Crippen LogP contribution in [-0.2, 0) is 9.53 Å². The molecule has 0 N–H and O–H groups in total. The summed E-state index contributed by atoms with van der Waals surface area (Å²) in [4.78, 5) is 13.8. The highest BCUT2D eigenvalue weighted by Crippen LogP contribution is 2.41. The monoisotopic (exact) mass is 295 g/mol. The highest BCUT2D eigenvalue weighted by atomic mass is 32.2. The molecule has 108 valence electrons. The molecule has 1 amide bonds. The highest BCUT2D eigenvalue weighted by molar-refractivity contribution is 8.00. The number of carbonyl (C=O) groups is 1. The first-order valence-electron chi connectivity index (χ1n) is 6.59. The van der Waals surface area contributed by atoms with Crippen LogP contribution < -0.4 is 9.47 Å². The van der Waals surface area contributed by atoms with Gasteiger partial charge in [0.25, 0.3) is 0 Å². The Hall–Kier alpha value is -1.40. The van der Waals surface area contributed by atoms with Crippen LogP contribution in [0.15, 0.2) is 18.2 Å². The zero-order chi connectivity index (χ0) is 13.9. The molecular formula is C14H17NO4S. The first kappa shape index (κ1) is 13.6. The zero-order valence-corrected chi connectivity index (χ0v) is 12.1. The van der Waals surface area contributed by atoms with E-state index in [-0.39, 0.29) is 11.3 Å². The number of rotatable bonds is 4. The molecule has 5 nitrogen and oxygen atoms in total. The number of amides is 1. The van der Waals surface area contributed by atoms with Crippen molar-refractivity contribution in [2.75, 3.05) is 39.2 Å². The van der Waals surface area contributed by atoms with Crippen LogP contribution in [0.4, 0.5) is 0 Å². The molecule has 1 unspecified atom stereocenters. The van der Waals surface area contributed by atoms with Crippen molar-refractivity contribution in [1.82, 2.24) is 4.90 Å². The van der Waals surface area contributed by atoms with E-state index in [4.69, 9.17) is 14.2 Å². The highest BCUT2D eigenvalue weighted by Gasteiger charge is 2.33. The first-order valence-corrected chi connectivity index (χ1v) is 7.64. The van der Waals surface area contributed by atoms with Gasteiger partial charge in [-0.25, -0.2) is 0 Å². The van der Waals surface area contributed by atoms with Gasteiger partial charge in [0.05, 0.1) is 12.4 Å². The predicted octanol–water partition coefficient (Wildman–Crippen LogP) is 1.68. The molecular weight excluding hydrogens is 278 g/mol. The largest absolute Gasteiger partial charge is 0.486 e. The van der Waals surface area contributed by atoms with Gasteiger partial charge in [-0.15, -0.1) is 11.8 Å². The summed E-state index contributed by atoms with van der Waals surface area (Å²) in [7, 11) is 1.65. The number of ether oxygens (including phenoxy) is 3. The fourth-order valence-electron chi connectivity index (χ4n) is 2.38. The maximum Gasteiger partial charge on any atom is 0.233 e. The van der Waals surface area contributed by atoms with Gasteiger partial charge in [0.2, 0.25) is 5.91 Å². The average molecular weight is 295 g/mol. The number of carbonyl (C=O) groups excluding carboxylic acids is 1. The van der Waals surface area contributed by atoms with Crippen LogP contribution in [0.2, 0.25) is 0 Å². The van der Waals surface area contributed by atoms with Crippen molar-refractivity contribution < 1.29 is 19.0 Å². The molecule has 2 aliphatic rings. The molecule has 20 heavy (non-hydrogen) atoms. The summed E-state index contributed by atoms with van der Waals surface area (Å²) in [6.45, 7) is 2.32. The van der Waals surface area contributed by atoms with E-state index < -0.39 is 0 Å². The van der Waals surface area contributed by atoms with Gasteiger partial charge < -0.3 is 19.1 Å². The number of hydrogen-bond donors (Lipinski definition) is 0. The number of hydrogen-bond acceptors (Lipinski definition) is 5. The Labute approximate surface area is 122 Å². The molecule has 1 fully saturated rings. The average Bonchev–Trinajstić information content (AvgIpc) is 2.85. The van der Waals surface area contributed by atoms with E-state index in [0.717, 1.165) is 17.1 Å². The van der Waals surface area contributed by atoms with E-state index >= 15 is 0 Å². The van der Waals surface area contributed by atoms with Crippen LogP contribution >= 0.6 is 11.8 Å². The van der Waals surface area contributed by atoms with E-state index in [0.29, 0.717) is 32.1 Å². The molecule has 2 heterocycles. The molecule has 1 aromatic rings. The molecule has 0 saturated carbocycles. The van der Waals surface area contributed by atoms with E-state index in [2.05, 4.69) is 0 Å². The lowest BCUT2D eigenvalue weighted by Gasteiger charge is -2.25. The maximum absolute atomic E-state index is 11.9. The third-order valence-electron chi connectivity index (χ3n) is 3.36. The third kappa shape index (κ3) is 2.58. The lowest BCUT2D eigenvalue weighted by molar-refractivity contribution is -0.128. The molecule has 0 bridgehead atoms. The molecule has 1 saturated heterocycles. The Balaban J connectivity index is 1.82. The predicted molar refractivity (Wildman–Crippen MR) is 76.2 cm³/mol. The van der Waals surface area contributed by atoms with Crippen LogP contribution in [0.5, 0.6) is 11.5 Å². The minimum atomic E-state index is 0.0356. The van der Waals surface area contributed by atoms with Gasteiger partial charge in [0, 0.05) is 13.7 Å². The number of nitrogens with zero attached hydrogens (tertiary/aromatic N) is 1. The number of thioether (sulfide) groups is 1. The van der Waals surface area contributed by atoms with Gasteiger partial charge in [-0.1, -0.05) is 6.07 Å². The molecule has 6 heteroatoms. The molecule has 1 aromatic carbocycles. The summed E-state index contributed by atoms with van der Waals surface area (Å²) >= 11 is 1.64. The summed E-state index contributed by atoms with van der Waals surface area (Å²) in [6, 6.07) is 5.90. The Morgan fingerprint density at radius 1 is 1.35 bits per heavy atom. The molecule has 0 spiro atoms. The number of benzene rings is 1. The van der Waals surface area contributed by atoms with E-state index in [9.17, 15) is 4.79 Å². The fourth-order valence-corrected chi connectivity index (χ4v) is 3.58. The first-order chi connectivity index (χ1) is 9.79. The molecule has 2 aliphatic heterocycles. The third-order valence-corrected chi connectivity index (χ3v) is 4.61.